The smallest absolute Gasteiger partial charge is 0.0387 e. The van der Waals surface area contributed by atoms with E-state index >= 15 is 0 Å². The van der Waals surface area contributed by atoms with Crippen LogP contribution in [0.25, 0.3) is 0 Å². The Morgan fingerprint density at radius 1 is 1.05 bits per heavy atom. The first-order valence-electron chi connectivity index (χ1n) is 7.89. The van der Waals surface area contributed by atoms with E-state index in [1.807, 2.05) is 0 Å². The quantitative estimate of drug-likeness (QED) is 0.874. The van der Waals surface area contributed by atoms with Crippen LogP contribution >= 0.6 is 0 Å². The van der Waals surface area contributed by atoms with Crippen molar-refractivity contribution in [2.24, 2.45) is 5.92 Å². The average Bonchev–Trinajstić information content (AvgIpc) is 2.49. The Labute approximate surface area is 117 Å². The van der Waals surface area contributed by atoms with Crippen molar-refractivity contribution in [2.45, 2.75) is 51.1 Å². The van der Waals surface area contributed by atoms with Crippen LogP contribution in [0, 0.1) is 5.92 Å². The maximum absolute atomic E-state index is 3.80. The average molecular weight is 258 g/mol. The molecule has 0 bridgehead atoms. The van der Waals surface area contributed by atoms with Gasteiger partial charge in [-0.2, -0.15) is 0 Å². The van der Waals surface area contributed by atoms with Gasteiger partial charge in [0.25, 0.3) is 0 Å². The van der Waals surface area contributed by atoms with Gasteiger partial charge in [-0.15, -0.1) is 0 Å². The molecule has 0 aromatic heterocycles. The first-order chi connectivity index (χ1) is 9.34. The van der Waals surface area contributed by atoms with E-state index in [0.717, 1.165) is 12.5 Å². The molecule has 1 aromatic carbocycles. The van der Waals surface area contributed by atoms with Crippen LogP contribution in [0.1, 0.15) is 39.0 Å². The van der Waals surface area contributed by atoms with E-state index in [1.54, 1.807) is 0 Å². The minimum absolute atomic E-state index is 0.599. The fraction of sp³-hybridized carbons (Fsp3) is 0.647. The summed E-state index contributed by atoms with van der Waals surface area (Å²) in [6.45, 7) is 4.63. The largest absolute Gasteiger partial charge is 0.366 e. The van der Waals surface area contributed by atoms with Crippen molar-refractivity contribution in [1.82, 2.24) is 5.32 Å². The molecule has 1 aliphatic heterocycles. The van der Waals surface area contributed by atoms with Crippen molar-refractivity contribution in [3.8, 4) is 0 Å². The highest BCUT2D eigenvalue weighted by Gasteiger charge is 2.30. The molecule has 2 aliphatic rings. The number of nitrogens with zero attached hydrogens (tertiary/aromatic N) is 1. The molecule has 1 saturated heterocycles. The van der Waals surface area contributed by atoms with Crippen LogP contribution in [0.2, 0.25) is 0 Å². The van der Waals surface area contributed by atoms with Gasteiger partial charge in [0.1, 0.15) is 0 Å². The molecular weight excluding hydrogens is 232 g/mol. The minimum Gasteiger partial charge on any atom is -0.366 e. The fourth-order valence-electron chi connectivity index (χ4n) is 3.72. The second kappa shape index (κ2) is 5.96. The van der Waals surface area contributed by atoms with Crippen molar-refractivity contribution in [1.29, 1.82) is 0 Å². The number of piperazine rings is 1. The summed E-state index contributed by atoms with van der Waals surface area (Å²) in [5, 5.41) is 3.80. The number of nitrogens with one attached hydrogen (secondary N) is 1. The lowest BCUT2D eigenvalue weighted by Crippen LogP contribution is -2.58. The van der Waals surface area contributed by atoms with E-state index in [1.165, 1.54) is 44.3 Å². The van der Waals surface area contributed by atoms with Crippen LogP contribution in [0.4, 0.5) is 5.69 Å². The molecule has 0 amide bonds. The van der Waals surface area contributed by atoms with Gasteiger partial charge >= 0.3 is 0 Å². The zero-order valence-electron chi connectivity index (χ0n) is 12.0. The van der Waals surface area contributed by atoms with Gasteiger partial charge < -0.3 is 10.2 Å². The van der Waals surface area contributed by atoms with Crippen molar-refractivity contribution < 1.29 is 0 Å². The Balaban J connectivity index is 1.70. The summed E-state index contributed by atoms with van der Waals surface area (Å²) in [4.78, 5) is 2.59. The molecule has 1 N–H and O–H groups in total. The molecule has 104 valence electrons. The van der Waals surface area contributed by atoms with Gasteiger partial charge in [0.2, 0.25) is 0 Å². The summed E-state index contributed by atoms with van der Waals surface area (Å²) in [6.07, 6.45) is 7.17. The molecule has 2 fully saturated rings. The van der Waals surface area contributed by atoms with Gasteiger partial charge in [-0.1, -0.05) is 37.5 Å². The Bertz CT molecular complexity index is 384. The summed E-state index contributed by atoms with van der Waals surface area (Å²) in [6, 6.07) is 12.2. The molecule has 0 radical (unpaired) electrons. The first-order valence-corrected chi connectivity index (χ1v) is 7.89. The zero-order chi connectivity index (χ0) is 13.1. The molecule has 2 heteroatoms. The molecule has 2 nitrogen and oxygen atoms in total. The van der Waals surface area contributed by atoms with Gasteiger partial charge in [-0.3, -0.25) is 0 Å². The SMILES string of the molecule is CC1CNC(C2CCCCC2)CN1c1ccccc1. The summed E-state index contributed by atoms with van der Waals surface area (Å²) >= 11 is 0. The molecule has 1 aliphatic carbocycles. The Morgan fingerprint density at radius 3 is 2.53 bits per heavy atom. The molecule has 3 rings (SSSR count). The Morgan fingerprint density at radius 2 is 1.79 bits per heavy atom. The van der Waals surface area contributed by atoms with Crippen LogP contribution < -0.4 is 10.2 Å². The second-order valence-corrected chi connectivity index (χ2v) is 6.25. The van der Waals surface area contributed by atoms with E-state index in [4.69, 9.17) is 0 Å². The van der Waals surface area contributed by atoms with Crippen molar-refractivity contribution in [2.75, 3.05) is 18.0 Å². The van der Waals surface area contributed by atoms with E-state index < -0.39 is 0 Å². The predicted octanol–water partition coefficient (Wildman–Crippen LogP) is 3.43. The van der Waals surface area contributed by atoms with Crippen LogP contribution in [0.15, 0.2) is 30.3 Å². The number of para-hydroxylation sites is 1. The molecule has 0 spiro atoms. The summed E-state index contributed by atoms with van der Waals surface area (Å²) in [7, 11) is 0. The Kier molecular flexibility index (Phi) is 4.07. The van der Waals surface area contributed by atoms with E-state index in [0.29, 0.717) is 12.1 Å². The summed E-state index contributed by atoms with van der Waals surface area (Å²) in [5.41, 5.74) is 1.39. The monoisotopic (exact) mass is 258 g/mol. The third-order valence-corrected chi connectivity index (χ3v) is 4.91. The molecule has 2 atom stereocenters. The number of anilines is 1. The van der Waals surface area contributed by atoms with E-state index in [-0.39, 0.29) is 0 Å². The number of hydrogen-bond donors (Lipinski definition) is 1. The van der Waals surface area contributed by atoms with Gasteiger partial charge in [0.15, 0.2) is 0 Å². The number of rotatable bonds is 2. The van der Waals surface area contributed by atoms with Gasteiger partial charge in [-0.25, -0.2) is 0 Å². The lowest BCUT2D eigenvalue weighted by molar-refractivity contribution is 0.245. The van der Waals surface area contributed by atoms with Gasteiger partial charge in [-0.05, 0) is 37.8 Å². The lowest BCUT2D eigenvalue weighted by atomic mass is 9.82. The molecule has 2 unspecified atom stereocenters. The Hall–Kier alpha value is -1.02. The normalized spacial score (nSPS) is 29.4. The minimum atomic E-state index is 0.599. The van der Waals surface area contributed by atoms with Crippen LogP contribution in [0.3, 0.4) is 0 Å². The van der Waals surface area contributed by atoms with Crippen molar-refractivity contribution in [3.05, 3.63) is 30.3 Å². The highest BCUT2D eigenvalue weighted by molar-refractivity contribution is 5.47. The van der Waals surface area contributed by atoms with Gasteiger partial charge in [0, 0.05) is 30.9 Å². The number of benzene rings is 1. The van der Waals surface area contributed by atoms with Crippen LogP contribution in [-0.2, 0) is 0 Å². The third-order valence-electron chi connectivity index (χ3n) is 4.91. The summed E-state index contributed by atoms with van der Waals surface area (Å²) < 4.78 is 0. The molecule has 1 heterocycles. The van der Waals surface area contributed by atoms with E-state index in [2.05, 4.69) is 47.5 Å². The third kappa shape index (κ3) is 2.94. The second-order valence-electron chi connectivity index (χ2n) is 6.25. The molecular formula is C17H26N2. The topological polar surface area (TPSA) is 15.3 Å². The van der Waals surface area contributed by atoms with Crippen molar-refractivity contribution in [3.63, 3.8) is 0 Å². The molecule has 1 aromatic rings. The maximum Gasteiger partial charge on any atom is 0.0387 e. The highest BCUT2D eigenvalue weighted by Crippen LogP contribution is 2.29. The highest BCUT2D eigenvalue weighted by atomic mass is 15.2. The first kappa shape index (κ1) is 13.0. The molecule has 19 heavy (non-hydrogen) atoms. The molecule has 1 saturated carbocycles. The predicted molar refractivity (Wildman–Crippen MR) is 81.6 cm³/mol. The fourth-order valence-corrected chi connectivity index (χ4v) is 3.72. The zero-order valence-corrected chi connectivity index (χ0v) is 12.0. The standard InChI is InChI=1S/C17H26N2/c1-14-12-18-17(15-8-4-2-5-9-15)13-19(14)16-10-6-3-7-11-16/h3,6-7,10-11,14-15,17-18H,2,4-5,8-9,12-13H2,1H3. The van der Waals surface area contributed by atoms with Crippen LogP contribution in [0.5, 0.6) is 0 Å². The summed E-state index contributed by atoms with van der Waals surface area (Å²) in [5.74, 6) is 0.896. The van der Waals surface area contributed by atoms with E-state index in [9.17, 15) is 0 Å². The van der Waals surface area contributed by atoms with Crippen LogP contribution in [-0.4, -0.2) is 25.2 Å². The van der Waals surface area contributed by atoms with Gasteiger partial charge in [0.05, 0.1) is 0 Å². The lowest BCUT2D eigenvalue weighted by Gasteiger charge is -2.44. The maximum atomic E-state index is 3.80. The number of hydrogen-bond acceptors (Lipinski definition) is 2. The van der Waals surface area contributed by atoms with Crippen molar-refractivity contribution >= 4 is 5.69 Å².